The molecule has 0 heterocycles. The van der Waals surface area contributed by atoms with Gasteiger partial charge in [0.15, 0.2) is 0 Å². The second-order valence-electron chi connectivity index (χ2n) is 5.10. The van der Waals surface area contributed by atoms with Crippen LogP contribution in [0.15, 0.2) is 24.3 Å². The second kappa shape index (κ2) is 6.19. The molecule has 0 spiro atoms. The lowest BCUT2D eigenvalue weighted by Crippen LogP contribution is -2.45. The SMILES string of the molecule is CCC1CCC(NC)C(Oc2cccc(F)c2)C1. The van der Waals surface area contributed by atoms with Crippen molar-refractivity contribution in [3.63, 3.8) is 0 Å². The fraction of sp³-hybridized carbons (Fsp3) is 0.600. The van der Waals surface area contributed by atoms with Crippen molar-refractivity contribution in [2.24, 2.45) is 5.92 Å². The molecule has 3 atom stereocenters. The lowest BCUT2D eigenvalue weighted by molar-refractivity contribution is 0.0880. The summed E-state index contributed by atoms with van der Waals surface area (Å²) in [4.78, 5) is 0. The number of likely N-dealkylation sites (N-methyl/N-ethyl adjacent to an activating group) is 1. The molecule has 1 aliphatic rings. The van der Waals surface area contributed by atoms with Crippen LogP contribution in [0.25, 0.3) is 0 Å². The molecule has 1 aliphatic carbocycles. The summed E-state index contributed by atoms with van der Waals surface area (Å²) in [6, 6.07) is 6.79. The summed E-state index contributed by atoms with van der Waals surface area (Å²) >= 11 is 0. The molecule has 0 saturated heterocycles. The molecule has 3 heteroatoms. The molecule has 0 amide bonds. The Kier molecular flexibility index (Phi) is 4.59. The van der Waals surface area contributed by atoms with Crippen LogP contribution in [0.3, 0.4) is 0 Å². The highest BCUT2D eigenvalue weighted by molar-refractivity contribution is 5.23. The van der Waals surface area contributed by atoms with E-state index < -0.39 is 0 Å². The van der Waals surface area contributed by atoms with Gasteiger partial charge in [-0.05, 0) is 44.4 Å². The normalized spacial score (nSPS) is 28.1. The number of hydrogen-bond donors (Lipinski definition) is 1. The molecule has 18 heavy (non-hydrogen) atoms. The Morgan fingerprint density at radius 2 is 2.22 bits per heavy atom. The number of ether oxygens (including phenoxy) is 1. The van der Waals surface area contributed by atoms with E-state index >= 15 is 0 Å². The molecule has 1 saturated carbocycles. The molecule has 100 valence electrons. The Hall–Kier alpha value is -1.09. The minimum atomic E-state index is -0.239. The van der Waals surface area contributed by atoms with Crippen LogP contribution < -0.4 is 10.1 Å². The van der Waals surface area contributed by atoms with Gasteiger partial charge in [-0.15, -0.1) is 0 Å². The first-order chi connectivity index (χ1) is 8.72. The van der Waals surface area contributed by atoms with E-state index in [0.717, 1.165) is 18.8 Å². The van der Waals surface area contributed by atoms with E-state index in [0.29, 0.717) is 11.8 Å². The molecule has 0 aromatic heterocycles. The van der Waals surface area contributed by atoms with Crippen molar-refractivity contribution in [3.05, 3.63) is 30.1 Å². The molecule has 2 nitrogen and oxygen atoms in total. The van der Waals surface area contributed by atoms with Crippen LogP contribution in [0, 0.1) is 11.7 Å². The Labute approximate surface area is 109 Å². The topological polar surface area (TPSA) is 21.3 Å². The van der Waals surface area contributed by atoms with E-state index in [9.17, 15) is 4.39 Å². The molecule has 1 fully saturated rings. The van der Waals surface area contributed by atoms with Crippen LogP contribution in [0.4, 0.5) is 4.39 Å². The molecular formula is C15H22FNO. The van der Waals surface area contributed by atoms with Crippen molar-refractivity contribution in [2.45, 2.75) is 44.8 Å². The van der Waals surface area contributed by atoms with Crippen LogP contribution in [-0.2, 0) is 0 Å². The van der Waals surface area contributed by atoms with Gasteiger partial charge >= 0.3 is 0 Å². The summed E-state index contributed by atoms with van der Waals surface area (Å²) in [6.07, 6.45) is 4.79. The number of nitrogens with one attached hydrogen (secondary N) is 1. The fourth-order valence-corrected chi connectivity index (χ4v) is 2.76. The monoisotopic (exact) mass is 251 g/mol. The zero-order chi connectivity index (χ0) is 13.0. The lowest BCUT2D eigenvalue weighted by Gasteiger charge is -2.35. The van der Waals surface area contributed by atoms with Crippen LogP contribution in [0.1, 0.15) is 32.6 Å². The smallest absolute Gasteiger partial charge is 0.126 e. The highest BCUT2D eigenvalue weighted by Crippen LogP contribution is 2.30. The Morgan fingerprint density at radius 3 is 2.89 bits per heavy atom. The predicted molar refractivity (Wildman–Crippen MR) is 71.3 cm³/mol. The Bertz CT molecular complexity index is 383. The maximum atomic E-state index is 13.1. The second-order valence-corrected chi connectivity index (χ2v) is 5.10. The first-order valence-electron chi connectivity index (χ1n) is 6.82. The summed E-state index contributed by atoms with van der Waals surface area (Å²) in [5, 5.41) is 3.31. The molecular weight excluding hydrogens is 229 g/mol. The van der Waals surface area contributed by atoms with Gasteiger partial charge in [0.25, 0.3) is 0 Å². The van der Waals surface area contributed by atoms with Crippen LogP contribution in [0.5, 0.6) is 5.75 Å². The van der Waals surface area contributed by atoms with E-state index in [1.54, 1.807) is 6.07 Å². The average Bonchev–Trinajstić information content (AvgIpc) is 2.38. The minimum absolute atomic E-state index is 0.149. The van der Waals surface area contributed by atoms with Gasteiger partial charge in [-0.3, -0.25) is 0 Å². The van der Waals surface area contributed by atoms with Crippen LogP contribution in [-0.4, -0.2) is 19.2 Å². The number of rotatable bonds is 4. The molecule has 1 aromatic rings. The quantitative estimate of drug-likeness (QED) is 0.886. The van der Waals surface area contributed by atoms with E-state index in [1.165, 1.54) is 25.0 Å². The zero-order valence-electron chi connectivity index (χ0n) is 11.2. The summed E-state index contributed by atoms with van der Waals surface area (Å²) in [5.41, 5.74) is 0. The summed E-state index contributed by atoms with van der Waals surface area (Å²) in [7, 11) is 1.97. The van der Waals surface area contributed by atoms with E-state index in [-0.39, 0.29) is 11.9 Å². The number of benzene rings is 1. The third-order valence-corrected chi connectivity index (χ3v) is 3.93. The number of halogens is 1. The molecule has 0 aliphatic heterocycles. The Morgan fingerprint density at radius 1 is 1.39 bits per heavy atom. The predicted octanol–water partition coefficient (Wildman–Crippen LogP) is 3.37. The van der Waals surface area contributed by atoms with Crippen molar-refractivity contribution >= 4 is 0 Å². The van der Waals surface area contributed by atoms with Gasteiger partial charge in [0.05, 0.1) is 0 Å². The summed E-state index contributed by atoms with van der Waals surface area (Å²) in [6.45, 7) is 2.23. The molecule has 3 unspecified atom stereocenters. The van der Waals surface area contributed by atoms with Gasteiger partial charge in [-0.2, -0.15) is 0 Å². The highest BCUT2D eigenvalue weighted by Gasteiger charge is 2.30. The molecule has 1 N–H and O–H groups in total. The lowest BCUT2D eigenvalue weighted by atomic mass is 9.82. The van der Waals surface area contributed by atoms with Crippen LogP contribution >= 0.6 is 0 Å². The average molecular weight is 251 g/mol. The summed E-state index contributed by atoms with van der Waals surface area (Å²) < 4.78 is 19.1. The van der Waals surface area contributed by atoms with Crippen molar-refractivity contribution in [3.8, 4) is 5.75 Å². The largest absolute Gasteiger partial charge is 0.489 e. The van der Waals surface area contributed by atoms with Crippen molar-refractivity contribution in [2.75, 3.05) is 7.05 Å². The highest BCUT2D eigenvalue weighted by atomic mass is 19.1. The van der Waals surface area contributed by atoms with Crippen molar-refractivity contribution < 1.29 is 9.13 Å². The van der Waals surface area contributed by atoms with Crippen molar-refractivity contribution in [1.82, 2.24) is 5.32 Å². The van der Waals surface area contributed by atoms with Gasteiger partial charge in [-0.1, -0.05) is 19.4 Å². The van der Waals surface area contributed by atoms with Gasteiger partial charge in [0.2, 0.25) is 0 Å². The van der Waals surface area contributed by atoms with E-state index in [2.05, 4.69) is 12.2 Å². The molecule has 1 aromatic carbocycles. The molecule has 0 radical (unpaired) electrons. The first kappa shape index (κ1) is 13.3. The number of hydrogen-bond acceptors (Lipinski definition) is 2. The minimum Gasteiger partial charge on any atom is -0.489 e. The van der Waals surface area contributed by atoms with Crippen molar-refractivity contribution in [1.29, 1.82) is 0 Å². The maximum Gasteiger partial charge on any atom is 0.126 e. The van der Waals surface area contributed by atoms with Gasteiger partial charge in [0.1, 0.15) is 17.7 Å². The Balaban J connectivity index is 2.04. The molecule has 0 bridgehead atoms. The third kappa shape index (κ3) is 3.22. The fourth-order valence-electron chi connectivity index (χ4n) is 2.76. The zero-order valence-corrected chi connectivity index (χ0v) is 11.2. The molecule has 2 rings (SSSR count). The van der Waals surface area contributed by atoms with Gasteiger partial charge in [0, 0.05) is 12.1 Å². The maximum absolute atomic E-state index is 13.1. The van der Waals surface area contributed by atoms with Gasteiger partial charge in [-0.25, -0.2) is 4.39 Å². The summed E-state index contributed by atoms with van der Waals surface area (Å²) in [5.74, 6) is 1.13. The first-order valence-corrected chi connectivity index (χ1v) is 6.82. The van der Waals surface area contributed by atoms with Crippen LogP contribution in [0.2, 0.25) is 0 Å². The van der Waals surface area contributed by atoms with E-state index in [4.69, 9.17) is 4.74 Å². The standard InChI is InChI=1S/C15H22FNO/c1-3-11-7-8-14(17-2)15(9-11)18-13-6-4-5-12(16)10-13/h4-6,10-11,14-15,17H,3,7-9H2,1-2H3. The van der Waals surface area contributed by atoms with E-state index in [1.807, 2.05) is 13.1 Å². The van der Waals surface area contributed by atoms with Gasteiger partial charge < -0.3 is 10.1 Å². The third-order valence-electron chi connectivity index (χ3n) is 3.93.